The first-order valence-electron chi connectivity index (χ1n) is 7.09. The Morgan fingerprint density at radius 3 is 2.92 bits per heavy atom. The third-order valence-corrected chi connectivity index (χ3v) is 5.36. The minimum atomic E-state index is -1.28. The van der Waals surface area contributed by atoms with Crippen molar-refractivity contribution in [2.45, 2.75) is 11.4 Å². The Morgan fingerprint density at radius 2 is 2.08 bits per heavy atom. The van der Waals surface area contributed by atoms with Gasteiger partial charge in [0.2, 0.25) is 0 Å². The molecule has 1 aliphatic rings. The molecule has 0 spiro atoms. The zero-order valence-electron chi connectivity index (χ0n) is 12.3. The van der Waals surface area contributed by atoms with Gasteiger partial charge >= 0.3 is 6.01 Å². The van der Waals surface area contributed by atoms with Crippen LogP contribution in [0.5, 0.6) is 11.8 Å². The molecule has 3 heterocycles. The van der Waals surface area contributed by atoms with Gasteiger partial charge in [0, 0.05) is 22.9 Å². The number of aromatic nitrogens is 3. The van der Waals surface area contributed by atoms with Crippen LogP contribution in [0, 0.1) is 0 Å². The molecule has 1 atom stereocenters. The third-order valence-electron chi connectivity index (χ3n) is 3.44. The summed E-state index contributed by atoms with van der Waals surface area (Å²) in [5.41, 5.74) is 1.04. The molecule has 8 heteroatoms. The molecule has 6 nitrogen and oxygen atoms in total. The Labute approximate surface area is 149 Å². The van der Waals surface area contributed by atoms with Crippen LogP contribution in [0.25, 0.3) is 0 Å². The lowest BCUT2D eigenvalue weighted by molar-refractivity contribution is 0.440. The topological polar surface area (TPSA) is 68.2 Å². The minimum Gasteiger partial charge on any atom is -0.423 e. The van der Waals surface area contributed by atoms with Gasteiger partial charge in [0.05, 0.1) is 17.6 Å². The molecule has 1 aromatic carbocycles. The highest BCUT2D eigenvalue weighted by Gasteiger charge is 2.28. The molecule has 3 aromatic rings. The van der Waals surface area contributed by atoms with Crippen LogP contribution in [0.1, 0.15) is 5.56 Å². The number of halogens is 1. The van der Waals surface area contributed by atoms with E-state index in [2.05, 4.69) is 30.9 Å². The molecule has 0 amide bonds. The second-order valence-corrected chi connectivity index (χ2v) is 7.33. The molecule has 4 rings (SSSR count). The SMILES string of the molecule is O=S1c2ccccc2CN1c1ccnc(Oc2cncc(Br)c2)n1. The van der Waals surface area contributed by atoms with E-state index in [1.165, 1.54) is 0 Å². The molecular formula is C16H11BrN4O2S. The van der Waals surface area contributed by atoms with Crippen LogP contribution in [-0.2, 0) is 17.5 Å². The normalized spacial score (nSPS) is 16.0. The first kappa shape index (κ1) is 15.2. The lowest BCUT2D eigenvalue weighted by atomic mass is 10.2. The Morgan fingerprint density at radius 1 is 1.21 bits per heavy atom. The van der Waals surface area contributed by atoms with E-state index in [1.54, 1.807) is 35.0 Å². The highest BCUT2D eigenvalue weighted by Crippen LogP contribution is 2.31. The summed E-state index contributed by atoms with van der Waals surface area (Å²) in [6, 6.07) is 11.3. The van der Waals surface area contributed by atoms with Gasteiger partial charge in [-0.3, -0.25) is 9.29 Å². The smallest absolute Gasteiger partial charge is 0.323 e. The van der Waals surface area contributed by atoms with E-state index >= 15 is 0 Å². The molecule has 0 aliphatic carbocycles. The standard InChI is InChI=1S/C16H11BrN4O2S/c17-12-7-13(9-18-8-12)23-16-19-6-5-15(20-16)21-10-11-3-1-2-4-14(11)24(21)22/h1-9H,10H2. The first-order chi connectivity index (χ1) is 11.7. The number of hydrogen-bond donors (Lipinski definition) is 0. The van der Waals surface area contributed by atoms with Gasteiger partial charge < -0.3 is 4.74 Å². The van der Waals surface area contributed by atoms with E-state index in [0.29, 0.717) is 18.1 Å². The van der Waals surface area contributed by atoms with Gasteiger partial charge in [0.25, 0.3) is 0 Å². The van der Waals surface area contributed by atoms with Crippen molar-refractivity contribution in [2.24, 2.45) is 0 Å². The summed E-state index contributed by atoms with van der Waals surface area (Å²) in [7, 11) is -1.28. The molecule has 0 fully saturated rings. The maximum atomic E-state index is 12.6. The van der Waals surface area contributed by atoms with E-state index < -0.39 is 11.0 Å². The molecule has 1 aliphatic heterocycles. The summed E-state index contributed by atoms with van der Waals surface area (Å²) in [6.45, 7) is 0.539. The van der Waals surface area contributed by atoms with Gasteiger partial charge in [-0.15, -0.1) is 0 Å². The highest BCUT2D eigenvalue weighted by atomic mass is 79.9. The second-order valence-electron chi connectivity index (χ2n) is 5.03. The summed E-state index contributed by atoms with van der Waals surface area (Å²) < 4.78 is 20.8. The third kappa shape index (κ3) is 2.90. The predicted molar refractivity (Wildman–Crippen MR) is 93.1 cm³/mol. The molecule has 0 bridgehead atoms. The van der Waals surface area contributed by atoms with Crippen molar-refractivity contribution < 1.29 is 8.95 Å². The van der Waals surface area contributed by atoms with Crippen LogP contribution in [0.4, 0.5) is 5.82 Å². The Bertz CT molecular complexity index is 937. The van der Waals surface area contributed by atoms with Crippen molar-refractivity contribution in [1.29, 1.82) is 0 Å². The average Bonchev–Trinajstić information content (AvgIpc) is 2.93. The molecule has 0 saturated carbocycles. The average molecular weight is 403 g/mol. The minimum absolute atomic E-state index is 0.181. The first-order valence-corrected chi connectivity index (χ1v) is 8.99. The summed E-state index contributed by atoms with van der Waals surface area (Å²) in [6.07, 6.45) is 4.82. The Balaban J connectivity index is 1.61. The summed E-state index contributed by atoms with van der Waals surface area (Å²) in [5.74, 6) is 1.07. The number of nitrogens with zero attached hydrogens (tertiary/aromatic N) is 4. The zero-order valence-corrected chi connectivity index (χ0v) is 14.7. The highest BCUT2D eigenvalue weighted by molar-refractivity contribution is 9.10. The van der Waals surface area contributed by atoms with Crippen LogP contribution in [0.3, 0.4) is 0 Å². The number of rotatable bonds is 3. The second kappa shape index (κ2) is 6.29. The summed E-state index contributed by atoms with van der Waals surface area (Å²) in [4.78, 5) is 13.3. The van der Waals surface area contributed by atoms with E-state index in [9.17, 15) is 4.21 Å². The number of benzene rings is 1. The molecule has 0 N–H and O–H groups in total. The molecule has 1 unspecified atom stereocenters. The van der Waals surface area contributed by atoms with Crippen molar-refractivity contribution in [3.63, 3.8) is 0 Å². The summed E-state index contributed by atoms with van der Waals surface area (Å²) in [5, 5.41) is 0. The Hall–Kier alpha value is -2.32. The Kier molecular flexibility index (Phi) is 3.99. The van der Waals surface area contributed by atoms with Gasteiger partial charge in [0.1, 0.15) is 5.82 Å². The van der Waals surface area contributed by atoms with Crippen LogP contribution in [0.15, 0.2) is 64.4 Å². The van der Waals surface area contributed by atoms with E-state index in [0.717, 1.165) is 14.9 Å². The molecule has 0 radical (unpaired) electrons. The fourth-order valence-corrected chi connectivity index (χ4v) is 4.04. The van der Waals surface area contributed by atoms with Crippen molar-refractivity contribution in [3.8, 4) is 11.8 Å². The number of anilines is 1. The van der Waals surface area contributed by atoms with Crippen molar-refractivity contribution >= 4 is 32.7 Å². The van der Waals surface area contributed by atoms with Crippen LogP contribution >= 0.6 is 15.9 Å². The lowest BCUT2D eigenvalue weighted by Crippen LogP contribution is -2.19. The molecular weight excluding hydrogens is 392 g/mol. The van der Waals surface area contributed by atoms with E-state index in [4.69, 9.17) is 4.74 Å². The molecule has 2 aromatic heterocycles. The zero-order chi connectivity index (χ0) is 16.5. The lowest BCUT2D eigenvalue weighted by Gasteiger charge is -2.15. The molecule has 120 valence electrons. The van der Waals surface area contributed by atoms with Gasteiger partial charge in [-0.1, -0.05) is 18.2 Å². The van der Waals surface area contributed by atoms with Gasteiger partial charge in [-0.25, -0.2) is 9.19 Å². The van der Waals surface area contributed by atoms with Crippen LogP contribution < -0.4 is 9.04 Å². The van der Waals surface area contributed by atoms with Crippen molar-refractivity contribution in [2.75, 3.05) is 4.31 Å². The maximum absolute atomic E-state index is 12.6. The van der Waals surface area contributed by atoms with Gasteiger partial charge in [-0.2, -0.15) is 4.98 Å². The van der Waals surface area contributed by atoms with Crippen LogP contribution in [-0.4, -0.2) is 19.2 Å². The van der Waals surface area contributed by atoms with Gasteiger partial charge in [-0.05, 0) is 33.6 Å². The fraction of sp³-hybridized carbons (Fsp3) is 0.0625. The number of hydrogen-bond acceptors (Lipinski definition) is 5. The quantitative estimate of drug-likeness (QED) is 0.670. The largest absolute Gasteiger partial charge is 0.423 e. The van der Waals surface area contributed by atoms with Crippen molar-refractivity contribution in [3.05, 3.63) is 65.0 Å². The fourth-order valence-electron chi connectivity index (χ4n) is 2.38. The monoisotopic (exact) mass is 402 g/mol. The molecule has 0 saturated heterocycles. The number of pyridine rings is 1. The number of fused-ring (bicyclic) bond motifs is 1. The van der Waals surface area contributed by atoms with E-state index in [1.807, 2.05) is 24.3 Å². The van der Waals surface area contributed by atoms with Gasteiger partial charge in [0.15, 0.2) is 16.7 Å². The van der Waals surface area contributed by atoms with Crippen LogP contribution in [0.2, 0.25) is 0 Å². The number of ether oxygens (including phenoxy) is 1. The molecule has 24 heavy (non-hydrogen) atoms. The summed E-state index contributed by atoms with van der Waals surface area (Å²) >= 11 is 3.34. The maximum Gasteiger partial charge on any atom is 0.323 e. The van der Waals surface area contributed by atoms with Crippen molar-refractivity contribution in [1.82, 2.24) is 15.0 Å². The predicted octanol–water partition coefficient (Wildman–Crippen LogP) is 3.47. The van der Waals surface area contributed by atoms with E-state index in [-0.39, 0.29) is 6.01 Å².